The molecule has 1 N–H and O–H groups in total. The maximum Gasteiger partial charge on any atom is 0.229 e. The maximum absolute atomic E-state index is 13.3. The summed E-state index contributed by atoms with van der Waals surface area (Å²) in [4.78, 5) is 26.6. The molecule has 2 unspecified atom stereocenters. The lowest BCUT2D eigenvalue weighted by Crippen LogP contribution is -2.44. The number of rotatable bonds is 4. The molecule has 0 spiro atoms. The van der Waals surface area contributed by atoms with Crippen molar-refractivity contribution in [2.75, 3.05) is 19.5 Å². The number of methoxy groups -OCH3 is 1. The van der Waals surface area contributed by atoms with E-state index in [1.807, 2.05) is 0 Å². The first kappa shape index (κ1) is 17.9. The molecule has 0 bridgehead atoms. The number of benzene rings is 2. The van der Waals surface area contributed by atoms with Crippen molar-refractivity contribution in [2.45, 2.75) is 18.9 Å². The topological polar surface area (TPSA) is 58.6 Å². The summed E-state index contributed by atoms with van der Waals surface area (Å²) < 4.78 is 18.4. The van der Waals surface area contributed by atoms with Crippen molar-refractivity contribution in [1.29, 1.82) is 0 Å². The van der Waals surface area contributed by atoms with Crippen LogP contribution in [0, 0.1) is 11.7 Å². The number of hydrogen-bond acceptors (Lipinski definition) is 3. The van der Waals surface area contributed by atoms with Gasteiger partial charge in [0.15, 0.2) is 0 Å². The van der Waals surface area contributed by atoms with Gasteiger partial charge in [0.2, 0.25) is 11.8 Å². The molecule has 1 fully saturated rings. The Hall–Kier alpha value is -2.89. The van der Waals surface area contributed by atoms with Crippen LogP contribution in [0.5, 0.6) is 5.75 Å². The first-order valence-electron chi connectivity index (χ1n) is 8.45. The van der Waals surface area contributed by atoms with Crippen molar-refractivity contribution >= 4 is 17.5 Å². The molecule has 0 radical (unpaired) electrons. The number of anilines is 1. The summed E-state index contributed by atoms with van der Waals surface area (Å²) in [5.41, 5.74) is 1.37. The van der Waals surface area contributed by atoms with E-state index in [0.29, 0.717) is 24.3 Å². The van der Waals surface area contributed by atoms with E-state index in [9.17, 15) is 14.0 Å². The quantitative estimate of drug-likeness (QED) is 0.914. The van der Waals surface area contributed by atoms with Crippen LogP contribution in [0.4, 0.5) is 10.1 Å². The van der Waals surface area contributed by atoms with Crippen molar-refractivity contribution < 1.29 is 18.7 Å². The summed E-state index contributed by atoms with van der Waals surface area (Å²) in [5, 5.41) is 2.90. The van der Waals surface area contributed by atoms with Gasteiger partial charge >= 0.3 is 0 Å². The van der Waals surface area contributed by atoms with E-state index in [0.717, 1.165) is 5.56 Å². The molecule has 6 heteroatoms. The minimum Gasteiger partial charge on any atom is -0.497 e. The van der Waals surface area contributed by atoms with Gasteiger partial charge in [0.1, 0.15) is 11.6 Å². The molecule has 5 nitrogen and oxygen atoms in total. The van der Waals surface area contributed by atoms with Crippen molar-refractivity contribution in [3.8, 4) is 5.75 Å². The molecule has 2 aromatic carbocycles. The van der Waals surface area contributed by atoms with Crippen LogP contribution < -0.4 is 10.1 Å². The number of nitrogens with zero attached hydrogens (tertiary/aromatic N) is 1. The highest BCUT2D eigenvalue weighted by Gasteiger charge is 2.38. The summed E-state index contributed by atoms with van der Waals surface area (Å²) in [7, 11) is 3.24. The van der Waals surface area contributed by atoms with E-state index in [1.54, 1.807) is 55.5 Å². The van der Waals surface area contributed by atoms with E-state index in [4.69, 9.17) is 4.74 Å². The minimum atomic E-state index is -0.428. The van der Waals surface area contributed by atoms with Crippen LogP contribution in [0.2, 0.25) is 0 Å². The highest BCUT2D eigenvalue weighted by molar-refractivity contribution is 5.94. The molecule has 2 atom stereocenters. The number of carbonyl (C=O) groups is 2. The van der Waals surface area contributed by atoms with Gasteiger partial charge < -0.3 is 15.0 Å². The SMILES string of the molecule is COc1cccc(NC(=O)C2CCC(=O)N(C)C2c2ccc(F)cc2)c1. The second-order valence-electron chi connectivity index (χ2n) is 6.37. The summed E-state index contributed by atoms with van der Waals surface area (Å²) in [5.74, 6) is -0.323. The van der Waals surface area contributed by atoms with E-state index >= 15 is 0 Å². The molecule has 1 aliphatic rings. The molecule has 26 heavy (non-hydrogen) atoms. The van der Waals surface area contributed by atoms with Gasteiger partial charge in [-0.25, -0.2) is 4.39 Å². The fraction of sp³-hybridized carbons (Fsp3) is 0.300. The molecule has 1 heterocycles. The van der Waals surface area contributed by atoms with Gasteiger partial charge in [-0.2, -0.15) is 0 Å². The highest BCUT2D eigenvalue weighted by Crippen LogP contribution is 2.36. The zero-order valence-electron chi connectivity index (χ0n) is 14.7. The van der Waals surface area contributed by atoms with Crippen LogP contribution in [0.15, 0.2) is 48.5 Å². The number of piperidine rings is 1. The minimum absolute atomic E-state index is 0.0234. The second kappa shape index (κ2) is 7.56. The normalized spacial score (nSPS) is 20.0. The zero-order valence-corrected chi connectivity index (χ0v) is 14.7. The van der Waals surface area contributed by atoms with E-state index in [-0.39, 0.29) is 17.6 Å². The monoisotopic (exact) mass is 356 g/mol. The second-order valence-corrected chi connectivity index (χ2v) is 6.37. The Morgan fingerprint density at radius 1 is 1.23 bits per heavy atom. The molecule has 2 amide bonds. The molecular formula is C20H21FN2O3. The van der Waals surface area contributed by atoms with Crippen molar-refractivity contribution in [3.05, 3.63) is 59.9 Å². The van der Waals surface area contributed by atoms with Crippen molar-refractivity contribution in [2.24, 2.45) is 5.92 Å². The average molecular weight is 356 g/mol. The smallest absolute Gasteiger partial charge is 0.229 e. The molecular weight excluding hydrogens is 335 g/mol. The van der Waals surface area contributed by atoms with Crippen molar-refractivity contribution in [1.82, 2.24) is 4.90 Å². The lowest BCUT2D eigenvalue weighted by molar-refractivity contribution is -0.140. The zero-order chi connectivity index (χ0) is 18.7. The first-order chi connectivity index (χ1) is 12.5. The highest BCUT2D eigenvalue weighted by atomic mass is 19.1. The van der Waals surface area contributed by atoms with Crippen LogP contribution in [0.1, 0.15) is 24.4 Å². The number of likely N-dealkylation sites (tertiary alicyclic amines) is 1. The maximum atomic E-state index is 13.3. The molecule has 1 aliphatic heterocycles. The molecule has 0 aliphatic carbocycles. The van der Waals surface area contributed by atoms with E-state index < -0.39 is 12.0 Å². The molecule has 1 saturated heterocycles. The third-order valence-corrected chi connectivity index (χ3v) is 4.75. The van der Waals surface area contributed by atoms with Gasteiger partial charge in [-0.05, 0) is 36.2 Å². The summed E-state index contributed by atoms with van der Waals surface area (Å²) >= 11 is 0. The van der Waals surface area contributed by atoms with Crippen LogP contribution >= 0.6 is 0 Å². The number of hydrogen-bond donors (Lipinski definition) is 1. The van der Waals surface area contributed by atoms with Crippen molar-refractivity contribution in [3.63, 3.8) is 0 Å². The van der Waals surface area contributed by atoms with Gasteiger partial charge in [-0.3, -0.25) is 9.59 Å². The fourth-order valence-corrected chi connectivity index (χ4v) is 3.36. The van der Waals surface area contributed by atoms with Gasteiger partial charge in [-0.1, -0.05) is 18.2 Å². The van der Waals surface area contributed by atoms with E-state index in [1.165, 1.54) is 12.1 Å². The Bertz CT molecular complexity index is 807. The fourth-order valence-electron chi connectivity index (χ4n) is 3.36. The van der Waals surface area contributed by atoms with Gasteiger partial charge in [0, 0.05) is 25.2 Å². The molecule has 136 valence electrons. The Morgan fingerprint density at radius 2 is 1.96 bits per heavy atom. The lowest BCUT2D eigenvalue weighted by Gasteiger charge is -2.38. The number of ether oxygens (including phenoxy) is 1. The third-order valence-electron chi connectivity index (χ3n) is 4.75. The molecule has 3 rings (SSSR count). The Labute approximate surface area is 151 Å². The van der Waals surface area contributed by atoms with Crippen LogP contribution in [-0.4, -0.2) is 30.9 Å². The summed E-state index contributed by atoms with van der Waals surface area (Å²) in [6.07, 6.45) is 0.755. The van der Waals surface area contributed by atoms with Gasteiger partial charge in [-0.15, -0.1) is 0 Å². The predicted octanol–water partition coefficient (Wildman–Crippen LogP) is 3.38. The Kier molecular flexibility index (Phi) is 5.21. The first-order valence-corrected chi connectivity index (χ1v) is 8.45. The molecule has 0 saturated carbocycles. The largest absolute Gasteiger partial charge is 0.497 e. The Balaban J connectivity index is 1.86. The standard InChI is InChI=1S/C20H21FN2O3/c1-23-18(24)11-10-17(19(23)13-6-8-14(21)9-7-13)20(25)22-15-4-3-5-16(12-15)26-2/h3-9,12,17,19H,10-11H2,1-2H3,(H,22,25). The van der Waals surface area contributed by atoms with Gasteiger partial charge in [0.25, 0.3) is 0 Å². The number of halogens is 1. The lowest BCUT2D eigenvalue weighted by atomic mass is 9.84. The van der Waals surface area contributed by atoms with E-state index in [2.05, 4.69) is 5.32 Å². The molecule has 0 aromatic heterocycles. The Morgan fingerprint density at radius 3 is 2.65 bits per heavy atom. The van der Waals surface area contributed by atoms with Crippen LogP contribution in [0.25, 0.3) is 0 Å². The number of carbonyl (C=O) groups excluding carboxylic acids is 2. The summed E-state index contributed by atoms with van der Waals surface area (Å²) in [6.45, 7) is 0. The molecule has 2 aromatic rings. The third kappa shape index (κ3) is 3.69. The predicted molar refractivity (Wildman–Crippen MR) is 96.3 cm³/mol. The number of nitrogens with one attached hydrogen (secondary N) is 1. The van der Waals surface area contributed by atoms with Crippen LogP contribution in [-0.2, 0) is 9.59 Å². The number of amides is 2. The summed E-state index contributed by atoms with van der Waals surface area (Å²) in [6, 6.07) is 12.6. The van der Waals surface area contributed by atoms with Crippen LogP contribution in [0.3, 0.4) is 0 Å². The van der Waals surface area contributed by atoms with Gasteiger partial charge in [0.05, 0.1) is 19.1 Å². The average Bonchev–Trinajstić information content (AvgIpc) is 2.65.